The maximum Gasteiger partial charge on any atom is 0.305 e. The van der Waals surface area contributed by atoms with Crippen LogP contribution in [0.15, 0.2) is 12.3 Å². The maximum atomic E-state index is 10.7. The number of anilines is 1. The molecule has 2 N–H and O–H groups in total. The predicted molar refractivity (Wildman–Crippen MR) is 70.2 cm³/mol. The van der Waals surface area contributed by atoms with Crippen molar-refractivity contribution in [3.05, 3.63) is 27.9 Å². The average molecular weight is 267 g/mol. The van der Waals surface area contributed by atoms with Crippen LogP contribution in [-0.2, 0) is 4.79 Å². The van der Waals surface area contributed by atoms with E-state index in [0.717, 1.165) is 6.42 Å². The van der Waals surface area contributed by atoms with Gasteiger partial charge in [-0.1, -0.05) is 13.3 Å². The number of aromatic nitrogens is 1. The van der Waals surface area contributed by atoms with E-state index in [4.69, 9.17) is 5.11 Å². The first-order chi connectivity index (χ1) is 8.93. The Kier molecular flexibility index (Phi) is 5.23. The first-order valence-electron chi connectivity index (χ1n) is 6.03. The average Bonchev–Trinajstić information content (AvgIpc) is 2.27. The van der Waals surface area contributed by atoms with E-state index in [1.54, 1.807) is 13.0 Å². The van der Waals surface area contributed by atoms with Crippen LogP contribution < -0.4 is 5.32 Å². The molecular formula is C12H17N3O4. The van der Waals surface area contributed by atoms with E-state index >= 15 is 0 Å². The fraction of sp³-hybridized carbons (Fsp3) is 0.500. The molecule has 0 aliphatic rings. The highest BCUT2D eigenvalue weighted by atomic mass is 16.6. The molecule has 0 saturated carbocycles. The van der Waals surface area contributed by atoms with Gasteiger partial charge in [-0.2, -0.15) is 0 Å². The zero-order chi connectivity index (χ0) is 14.4. The van der Waals surface area contributed by atoms with Crippen molar-refractivity contribution >= 4 is 17.5 Å². The summed E-state index contributed by atoms with van der Waals surface area (Å²) in [6.45, 7) is 3.59. The van der Waals surface area contributed by atoms with E-state index in [1.807, 2.05) is 6.92 Å². The number of aliphatic carboxylic acids is 1. The fourth-order valence-corrected chi connectivity index (χ4v) is 1.81. The normalized spacial score (nSPS) is 11.9. The number of nitrogens with one attached hydrogen (secondary N) is 1. The summed E-state index contributed by atoms with van der Waals surface area (Å²) in [5, 5.41) is 22.5. The smallest absolute Gasteiger partial charge is 0.305 e. The van der Waals surface area contributed by atoms with Crippen LogP contribution in [0.3, 0.4) is 0 Å². The summed E-state index contributed by atoms with van der Waals surface area (Å²) >= 11 is 0. The molecule has 1 aromatic heterocycles. The fourth-order valence-electron chi connectivity index (χ4n) is 1.81. The molecule has 0 saturated heterocycles. The van der Waals surface area contributed by atoms with Gasteiger partial charge >= 0.3 is 5.97 Å². The largest absolute Gasteiger partial charge is 0.481 e. The van der Waals surface area contributed by atoms with Gasteiger partial charge in [0, 0.05) is 11.6 Å². The van der Waals surface area contributed by atoms with E-state index < -0.39 is 10.9 Å². The molecule has 0 radical (unpaired) electrons. The number of rotatable bonds is 7. The quantitative estimate of drug-likeness (QED) is 0.580. The number of hydrogen-bond acceptors (Lipinski definition) is 5. The molecule has 0 fully saturated rings. The van der Waals surface area contributed by atoms with Crippen molar-refractivity contribution in [2.75, 3.05) is 5.32 Å². The van der Waals surface area contributed by atoms with Crippen LogP contribution in [0.25, 0.3) is 0 Å². The molecule has 0 spiro atoms. The van der Waals surface area contributed by atoms with Gasteiger partial charge in [-0.05, 0) is 19.4 Å². The van der Waals surface area contributed by atoms with Gasteiger partial charge in [0.05, 0.1) is 11.3 Å². The molecule has 19 heavy (non-hydrogen) atoms. The lowest BCUT2D eigenvalue weighted by Gasteiger charge is -2.16. The Bertz CT molecular complexity index is 476. The SMILES string of the molecule is CCCC(CC(=O)O)Nc1cc(C)c([N+](=O)[O-])cn1. The molecule has 0 aliphatic heterocycles. The van der Waals surface area contributed by atoms with Crippen molar-refractivity contribution in [1.29, 1.82) is 0 Å². The van der Waals surface area contributed by atoms with Crippen molar-refractivity contribution in [3.63, 3.8) is 0 Å². The van der Waals surface area contributed by atoms with Gasteiger partial charge in [0.1, 0.15) is 12.0 Å². The Hall–Kier alpha value is -2.18. The van der Waals surface area contributed by atoms with Gasteiger partial charge in [-0.25, -0.2) is 4.98 Å². The highest BCUT2D eigenvalue weighted by molar-refractivity contribution is 5.68. The zero-order valence-corrected chi connectivity index (χ0v) is 10.9. The summed E-state index contributed by atoms with van der Waals surface area (Å²) in [6.07, 6.45) is 2.72. The lowest BCUT2D eigenvalue weighted by molar-refractivity contribution is -0.385. The topological polar surface area (TPSA) is 105 Å². The van der Waals surface area contributed by atoms with E-state index in [9.17, 15) is 14.9 Å². The molecule has 7 nitrogen and oxygen atoms in total. The summed E-state index contributed by atoms with van der Waals surface area (Å²) in [5.41, 5.74) is 0.448. The molecule has 1 aromatic rings. The second kappa shape index (κ2) is 6.67. The second-order valence-corrected chi connectivity index (χ2v) is 4.34. The van der Waals surface area contributed by atoms with Crippen LogP contribution in [0.5, 0.6) is 0 Å². The molecular weight excluding hydrogens is 250 g/mol. The van der Waals surface area contributed by atoms with E-state index in [2.05, 4.69) is 10.3 Å². The van der Waals surface area contributed by atoms with Crippen LogP contribution in [0, 0.1) is 17.0 Å². The molecule has 104 valence electrons. The minimum absolute atomic E-state index is 0.00838. The number of nitro groups is 1. The van der Waals surface area contributed by atoms with Crippen LogP contribution in [0.2, 0.25) is 0 Å². The van der Waals surface area contributed by atoms with Crippen molar-refractivity contribution in [1.82, 2.24) is 4.98 Å². The summed E-state index contributed by atoms with van der Waals surface area (Å²) in [5.74, 6) is -0.424. The van der Waals surface area contributed by atoms with E-state index in [1.165, 1.54) is 6.20 Å². The third kappa shape index (κ3) is 4.53. The third-order valence-electron chi connectivity index (χ3n) is 2.69. The molecule has 1 unspecified atom stereocenters. The van der Waals surface area contributed by atoms with Crippen molar-refractivity contribution < 1.29 is 14.8 Å². The van der Waals surface area contributed by atoms with Crippen molar-refractivity contribution in [2.24, 2.45) is 0 Å². The van der Waals surface area contributed by atoms with Crippen molar-refractivity contribution in [3.8, 4) is 0 Å². The van der Waals surface area contributed by atoms with Crippen LogP contribution in [-0.4, -0.2) is 27.0 Å². The highest BCUT2D eigenvalue weighted by Crippen LogP contribution is 2.20. The molecule has 1 heterocycles. The lowest BCUT2D eigenvalue weighted by Crippen LogP contribution is -2.23. The highest BCUT2D eigenvalue weighted by Gasteiger charge is 2.15. The summed E-state index contributed by atoms with van der Waals surface area (Å²) in [6, 6.07) is 1.33. The molecule has 1 atom stereocenters. The zero-order valence-electron chi connectivity index (χ0n) is 10.9. The van der Waals surface area contributed by atoms with Crippen LogP contribution in [0.4, 0.5) is 11.5 Å². The summed E-state index contributed by atoms with van der Waals surface area (Å²) in [7, 11) is 0. The Balaban J connectivity index is 2.82. The molecule has 1 rings (SSSR count). The Labute approximate surface area is 110 Å². The van der Waals surface area contributed by atoms with Gasteiger partial charge < -0.3 is 10.4 Å². The maximum absolute atomic E-state index is 10.7. The monoisotopic (exact) mass is 267 g/mol. The van der Waals surface area contributed by atoms with E-state index in [-0.39, 0.29) is 18.2 Å². The summed E-state index contributed by atoms with van der Waals surface area (Å²) in [4.78, 5) is 24.9. The van der Waals surface area contributed by atoms with Crippen LogP contribution >= 0.6 is 0 Å². The van der Waals surface area contributed by atoms with Crippen LogP contribution in [0.1, 0.15) is 31.7 Å². The first kappa shape index (κ1) is 14.9. The number of nitrogens with zero attached hydrogens (tertiary/aromatic N) is 2. The second-order valence-electron chi connectivity index (χ2n) is 4.34. The van der Waals surface area contributed by atoms with Gasteiger partial charge in [0.15, 0.2) is 0 Å². The van der Waals surface area contributed by atoms with Gasteiger partial charge in [0.2, 0.25) is 0 Å². The number of aryl methyl sites for hydroxylation is 1. The van der Waals surface area contributed by atoms with Gasteiger partial charge in [-0.3, -0.25) is 14.9 Å². The standard InChI is InChI=1S/C12H17N3O4/c1-3-4-9(6-12(16)17)14-11-5-8(2)10(7-13-11)15(18)19/h5,7,9H,3-4,6H2,1-2H3,(H,13,14)(H,16,17). The molecule has 0 aromatic carbocycles. The van der Waals surface area contributed by atoms with Crippen molar-refractivity contribution in [2.45, 2.75) is 39.2 Å². The van der Waals surface area contributed by atoms with E-state index in [0.29, 0.717) is 17.8 Å². The number of carboxylic acid groups (broad SMARTS) is 1. The number of carbonyl (C=O) groups is 1. The van der Waals surface area contributed by atoms with Gasteiger partial charge in [-0.15, -0.1) is 0 Å². The number of pyridine rings is 1. The Morgan fingerprint density at radius 2 is 2.32 bits per heavy atom. The Morgan fingerprint density at radius 3 is 2.79 bits per heavy atom. The molecule has 7 heteroatoms. The van der Waals surface area contributed by atoms with Gasteiger partial charge in [0.25, 0.3) is 5.69 Å². The molecule has 0 aliphatic carbocycles. The minimum Gasteiger partial charge on any atom is -0.481 e. The third-order valence-corrected chi connectivity index (χ3v) is 2.69. The predicted octanol–water partition coefficient (Wildman–Crippen LogP) is 2.35. The molecule has 0 amide bonds. The first-order valence-corrected chi connectivity index (χ1v) is 6.03. The number of hydrogen-bond donors (Lipinski definition) is 2. The lowest BCUT2D eigenvalue weighted by atomic mass is 10.1. The number of carboxylic acids is 1. The molecule has 0 bridgehead atoms. The Morgan fingerprint density at radius 1 is 1.63 bits per heavy atom. The minimum atomic E-state index is -0.885. The summed E-state index contributed by atoms with van der Waals surface area (Å²) < 4.78 is 0.